The summed E-state index contributed by atoms with van der Waals surface area (Å²) in [4.78, 5) is 10.6. The van der Waals surface area contributed by atoms with Gasteiger partial charge in [-0.3, -0.25) is 4.79 Å². The SMILES string of the molecule is Cc1cc2sc(N)cc2cc1C=O. The van der Waals surface area contributed by atoms with Gasteiger partial charge in [-0.25, -0.2) is 0 Å². The number of thiophene rings is 1. The third-order valence-electron chi connectivity index (χ3n) is 2.05. The third kappa shape index (κ3) is 1.31. The normalized spacial score (nSPS) is 10.5. The van der Waals surface area contributed by atoms with Crippen LogP contribution in [0.4, 0.5) is 5.00 Å². The van der Waals surface area contributed by atoms with E-state index in [9.17, 15) is 4.79 Å². The Hall–Kier alpha value is -1.35. The van der Waals surface area contributed by atoms with Crippen LogP contribution in [0, 0.1) is 6.92 Å². The van der Waals surface area contributed by atoms with Gasteiger partial charge in [0.05, 0.1) is 5.00 Å². The fourth-order valence-electron chi connectivity index (χ4n) is 1.35. The van der Waals surface area contributed by atoms with Crippen molar-refractivity contribution < 1.29 is 4.79 Å². The van der Waals surface area contributed by atoms with Crippen molar-refractivity contribution in [1.82, 2.24) is 0 Å². The number of fused-ring (bicyclic) bond motifs is 1. The van der Waals surface area contributed by atoms with Gasteiger partial charge in [0, 0.05) is 10.3 Å². The Kier molecular flexibility index (Phi) is 1.81. The predicted molar refractivity (Wildman–Crippen MR) is 56.4 cm³/mol. The topological polar surface area (TPSA) is 43.1 Å². The molecule has 0 radical (unpaired) electrons. The number of hydrogen-bond acceptors (Lipinski definition) is 3. The van der Waals surface area contributed by atoms with E-state index in [1.807, 2.05) is 25.1 Å². The molecule has 2 rings (SSSR count). The Morgan fingerprint density at radius 1 is 1.38 bits per heavy atom. The van der Waals surface area contributed by atoms with Crippen molar-refractivity contribution in [3.63, 3.8) is 0 Å². The van der Waals surface area contributed by atoms with E-state index in [2.05, 4.69) is 0 Å². The van der Waals surface area contributed by atoms with E-state index in [0.717, 1.165) is 32.5 Å². The van der Waals surface area contributed by atoms with Gasteiger partial charge in [-0.05, 0) is 36.1 Å². The first-order chi connectivity index (χ1) is 6.20. The van der Waals surface area contributed by atoms with E-state index in [0.29, 0.717) is 0 Å². The van der Waals surface area contributed by atoms with E-state index >= 15 is 0 Å². The van der Waals surface area contributed by atoms with E-state index in [1.54, 1.807) is 11.3 Å². The lowest BCUT2D eigenvalue weighted by Crippen LogP contribution is -1.83. The van der Waals surface area contributed by atoms with Gasteiger partial charge in [0.1, 0.15) is 6.29 Å². The number of aldehydes is 1. The van der Waals surface area contributed by atoms with Crippen LogP contribution in [0.3, 0.4) is 0 Å². The molecule has 0 saturated heterocycles. The Morgan fingerprint density at radius 2 is 2.15 bits per heavy atom. The highest BCUT2D eigenvalue weighted by atomic mass is 32.1. The van der Waals surface area contributed by atoms with Gasteiger partial charge >= 0.3 is 0 Å². The second-order valence-corrected chi connectivity index (χ2v) is 4.13. The van der Waals surface area contributed by atoms with Gasteiger partial charge in [-0.15, -0.1) is 11.3 Å². The molecule has 13 heavy (non-hydrogen) atoms. The van der Waals surface area contributed by atoms with E-state index in [-0.39, 0.29) is 0 Å². The molecule has 2 nitrogen and oxygen atoms in total. The van der Waals surface area contributed by atoms with Crippen LogP contribution in [0.1, 0.15) is 15.9 Å². The van der Waals surface area contributed by atoms with Gasteiger partial charge < -0.3 is 5.73 Å². The van der Waals surface area contributed by atoms with Gasteiger partial charge in [-0.2, -0.15) is 0 Å². The number of hydrogen-bond donors (Lipinski definition) is 1. The number of carbonyl (C=O) groups is 1. The summed E-state index contributed by atoms with van der Waals surface area (Å²) in [5, 5.41) is 1.84. The molecule has 1 aromatic heterocycles. The summed E-state index contributed by atoms with van der Waals surface area (Å²) in [7, 11) is 0. The fourth-order valence-corrected chi connectivity index (χ4v) is 2.26. The third-order valence-corrected chi connectivity index (χ3v) is 2.98. The van der Waals surface area contributed by atoms with Crippen molar-refractivity contribution in [3.8, 4) is 0 Å². The molecule has 0 fully saturated rings. The molecular weight excluding hydrogens is 182 g/mol. The molecule has 0 amide bonds. The van der Waals surface area contributed by atoms with Gasteiger partial charge in [0.15, 0.2) is 0 Å². The maximum Gasteiger partial charge on any atom is 0.150 e. The number of benzene rings is 1. The molecule has 0 aliphatic rings. The summed E-state index contributed by atoms with van der Waals surface area (Å²) < 4.78 is 1.14. The van der Waals surface area contributed by atoms with Crippen molar-refractivity contribution in [1.29, 1.82) is 0 Å². The highest BCUT2D eigenvalue weighted by Crippen LogP contribution is 2.29. The highest BCUT2D eigenvalue weighted by Gasteiger charge is 2.03. The Morgan fingerprint density at radius 3 is 2.85 bits per heavy atom. The lowest BCUT2D eigenvalue weighted by Gasteiger charge is -1.96. The average molecular weight is 191 g/mol. The monoisotopic (exact) mass is 191 g/mol. The first kappa shape index (κ1) is 8.26. The molecule has 2 N–H and O–H groups in total. The zero-order valence-electron chi connectivity index (χ0n) is 7.20. The maximum atomic E-state index is 10.6. The fraction of sp³-hybridized carbons (Fsp3) is 0.100. The van der Waals surface area contributed by atoms with Crippen LogP contribution in [0.15, 0.2) is 18.2 Å². The van der Waals surface area contributed by atoms with Crippen LogP contribution in [0.25, 0.3) is 10.1 Å². The van der Waals surface area contributed by atoms with Crippen molar-refractivity contribution in [2.75, 3.05) is 5.73 Å². The molecular formula is C10H9NOS. The molecule has 0 atom stereocenters. The van der Waals surface area contributed by atoms with Crippen molar-refractivity contribution in [2.45, 2.75) is 6.92 Å². The van der Waals surface area contributed by atoms with Crippen molar-refractivity contribution >= 4 is 32.7 Å². The predicted octanol–water partition coefficient (Wildman–Crippen LogP) is 2.60. The van der Waals surface area contributed by atoms with Crippen LogP contribution >= 0.6 is 11.3 Å². The van der Waals surface area contributed by atoms with Gasteiger partial charge in [-0.1, -0.05) is 0 Å². The first-order valence-corrected chi connectivity index (χ1v) is 4.77. The molecule has 3 heteroatoms. The highest BCUT2D eigenvalue weighted by molar-refractivity contribution is 7.22. The summed E-state index contributed by atoms with van der Waals surface area (Å²) >= 11 is 1.55. The molecule has 0 unspecified atom stereocenters. The zero-order valence-corrected chi connectivity index (χ0v) is 8.02. The molecule has 0 saturated carbocycles. The number of rotatable bonds is 1. The largest absolute Gasteiger partial charge is 0.391 e. The second-order valence-electron chi connectivity index (χ2n) is 3.01. The number of nitrogens with two attached hydrogens (primary N) is 1. The number of aryl methyl sites for hydroxylation is 1. The van der Waals surface area contributed by atoms with Crippen LogP contribution in [-0.2, 0) is 0 Å². The van der Waals surface area contributed by atoms with Crippen LogP contribution in [0.2, 0.25) is 0 Å². The maximum absolute atomic E-state index is 10.6. The van der Waals surface area contributed by atoms with Gasteiger partial charge in [0.2, 0.25) is 0 Å². The molecule has 0 spiro atoms. The molecule has 0 bridgehead atoms. The molecule has 0 aliphatic carbocycles. The Labute approximate surface area is 80.0 Å². The average Bonchev–Trinajstić information content (AvgIpc) is 2.42. The smallest absolute Gasteiger partial charge is 0.150 e. The lowest BCUT2D eigenvalue weighted by atomic mass is 10.1. The number of carbonyl (C=O) groups excluding carboxylic acids is 1. The molecule has 0 aliphatic heterocycles. The second kappa shape index (κ2) is 2.85. The first-order valence-electron chi connectivity index (χ1n) is 3.95. The quantitative estimate of drug-likeness (QED) is 0.704. The minimum atomic E-state index is 0.741. The minimum Gasteiger partial charge on any atom is -0.391 e. The standard InChI is InChI=1S/C10H9NOS/c1-6-2-9-7(3-8(6)5-12)4-10(11)13-9/h2-5H,11H2,1H3. The molecule has 1 heterocycles. The Balaban J connectivity index is 2.79. The van der Waals surface area contributed by atoms with Crippen molar-refractivity contribution in [3.05, 3.63) is 29.3 Å². The van der Waals surface area contributed by atoms with E-state index < -0.39 is 0 Å². The number of nitrogen functional groups attached to an aromatic ring is 1. The molecule has 1 aromatic carbocycles. The summed E-state index contributed by atoms with van der Waals surface area (Å²) in [5.74, 6) is 0. The summed E-state index contributed by atoms with van der Waals surface area (Å²) in [6.07, 6.45) is 0.878. The van der Waals surface area contributed by atoms with Crippen LogP contribution < -0.4 is 5.73 Å². The van der Waals surface area contributed by atoms with Crippen molar-refractivity contribution in [2.24, 2.45) is 0 Å². The Bertz CT molecular complexity index is 473. The zero-order chi connectivity index (χ0) is 9.42. The summed E-state index contributed by atoms with van der Waals surface area (Å²) in [5.41, 5.74) is 7.41. The number of anilines is 1. The lowest BCUT2D eigenvalue weighted by molar-refractivity contribution is 0.112. The van der Waals surface area contributed by atoms with Crippen LogP contribution in [-0.4, -0.2) is 6.29 Å². The van der Waals surface area contributed by atoms with Crippen LogP contribution in [0.5, 0.6) is 0 Å². The van der Waals surface area contributed by atoms with E-state index in [1.165, 1.54) is 0 Å². The summed E-state index contributed by atoms with van der Waals surface area (Å²) in [6, 6.07) is 5.77. The molecule has 2 aromatic rings. The summed E-state index contributed by atoms with van der Waals surface area (Å²) in [6.45, 7) is 1.93. The van der Waals surface area contributed by atoms with E-state index in [4.69, 9.17) is 5.73 Å². The minimum absolute atomic E-state index is 0.741. The van der Waals surface area contributed by atoms with Gasteiger partial charge in [0.25, 0.3) is 0 Å². The molecule has 66 valence electrons.